The average molecular weight is 218 g/mol. The van der Waals surface area contributed by atoms with E-state index in [2.05, 4.69) is 4.74 Å². The second-order valence-electron chi connectivity index (χ2n) is 2.92. The molecule has 0 radical (unpaired) electrons. The molecule has 0 bridgehead atoms. The van der Waals surface area contributed by atoms with E-state index in [1.807, 2.05) is 0 Å². The fraction of sp³-hybridized carbons (Fsp3) is 0.222. The molecular weight excluding hydrogens is 213 g/mol. The Morgan fingerprint density at radius 2 is 2.07 bits per heavy atom. The van der Waals surface area contributed by atoms with Crippen LogP contribution in [0.25, 0.3) is 0 Å². The number of benzene rings is 1. The molecule has 1 aromatic carbocycles. The second-order valence-corrected chi connectivity index (χ2v) is 2.92. The quantitative estimate of drug-likeness (QED) is 0.724. The van der Waals surface area contributed by atoms with E-state index in [4.69, 9.17) is 4.74 Å². The Bertz CT molecular complexity index is 412. The fourth-order valence-electron chi connectivity index (χ4n) is 1.27. The number of carbonyl (C=O) groups is 1. The van der Waals surface area contributed by atoms with Crippen LogP contribution in [-0.2, 0) is 0 Å². The number of Topliss-reactive ketones (excluding diaryl/α,β-unsaturated/α-hetero) is 1. The summed E-state index contributed by atoms with van der Waals surface area (Å²) in [6.07, 6.45) is -4.75. The third-order valence-corrected chi connectivity index (χ3v) is 1.84. The van der Waals surface area contributed by atoms with Crippen LogP contribution in [0.15, 0.2) is 18.2 Å². The molecule has 0 atom stereocenters. The lowest BCUT2D eigenvalue weighted by Gasteiger charge is -2.08. The van der Waals surface area contributed by atoms with E-state index in [1.165, 1.54) is 6.07 Å². The zero-order chi connectivity index (χ0) is 11.1. The Morgan fingerprint density at radius 3 is 2.73 bits per heavy atom. The zero-order valence-electron chi connectivity index (χ0n) is 7.30. The van der Waals surface area contributed by atoms with Crippen molar-refractivity contribution in [2.24, 2.45) is 0 Å². The summed E-state index contributed by atoms with van der Waals surface area (Å²) in [5.74, 6) is -0.479. The standard InChI is InChI=1S/C9H5F3O3/c10-9(11,12)15-5-1-2-8-6(3-5)7(13)4-14-8/h1-3H,4H2. The van der Waals surface area contributed by atoms with Crippen LogP contribution >= 0.6 is 0 Å². The fourth-order valence-corrected chi connectivity index (χ4v) is 1.27. The Balaban J connectivity index is 2.30. The van der Waals surface area contributed by atoms with Crippen LogP contribution in [0.1, 0.15) is 10.4 Å². The number of alkyl halides is 3. The first-order valence-corrected chi connectivity index (χ1v) is 4.01. The topological polar surface area (TPSA) is 35.5 Å². The Hall–Kier alpha value is -1.72. The molecule has 0 N–H and O–H groups in total. The van der Waals surface area contributed by atoms with Crippen LogP contribution in [0.2, 0.25) is 0 Å². The smallest absolute Gasteiger partial charge is 0.485 e. The van der Waals surface area contributed by atoms with Crippen LogP contribution in [-0.4, -0.2) is 18.8 Å². The summed E-state index contributed by atoms with van der Waals surface area (Å²) in [6, 6.07) is 3.41. The molecule has 1 aromatic rings. The number of ketones is 1. The molecule has 1 heterocycles. The molecular formula is C9H5F3O3. The SMILES string of the molecule is O=C1COc2ccc(OC(F)(F)F)cc21. The van der Waals surface area contributed by atoms with E-state index in [0.717, 1.165) is 12.1 Å². The number of fused-ring (bicyclic) bond motifs is 1. The van der Waals surface area contributed by atoms with Crippen LogP contribution < -0.4 is 9.47 Å². The summed E-state index contributed by atoms with van der Waals surface area (Å²) < 4.78 is 44.1. The van der Waals surface area contributed by atoms with Crippen LogP contribution in [0.5, 0.6) is 11.5 Å². The minimum Gasteiger partial charge on any atom is -0.485 e. The molecule has 0 saturated heterocycles. The van der Waals surface area contributed by atoms with Gasteiger partial charge >= 0.3 is 6.36 Å². The number of halogens is 3. The lowest BCUT2D eigenvalue weighted by molar-refractivity contribution is -0.274. The predicted molar refractivity (Wildman–Crippen MR) is 43.0 cm³/mol. The van der Waals surface area contributed by atoms with Gasteiger partial charge in [0, 0.05) is 0 Å². The van der Waals surface area contributed by atoms with Gasteiger partial charge < -0.3 is 9.47 Å². The van der Waals surface area contributed by atoms with E-state index in [-0.39, 0.29) is 23.7 Å². The molecule has 0 amide bonds. The largest absolute Gasteiger partial charge is 0.573 e. The van der Waals surface area contributed by atoms with Crippen molar-refractivity contribution in [1.82, 2.24) is 0 Å². The molecule has 2 rings (SSSR count). The van der Waals surface area contributed by atoms with Crippen molar-refractivity contribution < 1.29 is 27.4 Å². The highest BCUT2D eigenvalue weighted by Gasteiger charge is 2.32. The van der Waals surface area contributed by atoms with Gasteiger partial charge in [0.05, 0.1) is 5.56 Å². The van der Waals surface area contributed by atoms with Gasteiger partial charge in [-0.15, -0.1) is 13.2 Å². The first kappa shape index (κ1) is 9.82. The summed E-state index contributed by atoms with van der Waals surface area (Å²) in [4.78, 5) is 11.1. The average Bonchev–Trinajstić information content (AvgIpc) is 2.45. The molecule has 3 nitrogen and oxygen atoms in total. The number of ether oxygens (including phenoxy) is 2. The summed E-state index contributed by atoms with van der Waals surface area (Å²) in [5.41, 5.74) is 0.122. The Morgan fingerprint density at radius 1 is 1.33 bits per heavy atom. The normalized spacial score (nSPS) is 14.7. The van der Waals surface area contributed by atoms with Crippen LogP contribution in [0.4, 0.5) is 13.2 Å². The van der Waals surface area contributed by atoms with Crippen LogP contribution in [0.3, 0.4) is 0 Å². The summed E-state index contributed by atoms with van der Waals surface area (Å²) >= 11 is 0. The van der Waals surface area contributed by atoms with E-state index < -0.39 is 12.1 Å². The van der Waals surface area contributed by atoms with Crippen molar-refractivity contribution in [1.29, 1.82) is 0 Å². The summed E-state index contributed by atoms with van der Waals surface area (Å²) in [6.45, 7) is -0.134. The Labute approximate surface area is 82.4 Å². The number of rotatable bonds is 1. The minimum atomic E-state index is -4.75. The van der Waals surface area contributed by atoms with Gasteiger partial charge in [0.15, 0.2) is 6.61 Å². The maximum atomic E-state index is 11.9. The first-order valence-electron chi connectivity index (χ1n) is 4.01. The van der Waals surface area contributed by atoms with E-state index in [1.54, 1.807) is 0 Å². The molecule has 0 saturated carbocycles. The van der Waals surface area contributed by atoms with Crippen LogP contribution in [0, 0.1) is 0 Å². The van der Waals surface area contributed by atoms with Gasteiger partial charge in [-0.2, -0.15) is 0 Å². The second kappa shape index (κ2) is 3.15. The third-order valence-electron chi connectivity index (χ3n) is 1.84. The molecule has 80 valence electrons. The first-order chi connectivity index (χ1) is 6.96. The van der Waals surface area contributed by atoms with Gasteiger partial charge in [0.2, 0.25) is 5.78 Å². The minimum absolute atomic E-state index is 0.122. The van der Waals surface area contributed by atoms with Gasteiger partial charge in [0.25, 0.3) is 0 Å². The number of carbonyl (C=O) groups excluding carboxylic acids is 1. The third kappa shape index (κ3) is 2.03. The van der Waals surface area contributed by atoms with E-state index in [0.29, 0.717) is 0 Å². The van der Waals surface area contributed by atoms with Gasteiger partial charge in [-0.05, 0) is 18.2 Å². The highest BCUT2D eigenvalue weighted by molar-refractivity contribution is 6.02. The molecule has 0 unspecified atom stereocenters. The zero-order valence-corrected chi connectivity index (χ0v) is 7.30. The molecule has 0 spiro atoms. The summed E-state index contributed by atoms with van der Waals surface area (Å²) in [7, 11) is 0. The molecule has 1 aliphatic heterocycles. The van der Waals surface area contributed by atoms with E-state index in [9.17, 15) is 18.0 Å². The molecule has 1 aliphatic rings. The maximum Gasteiger partial charge on any atom is 0.573 e. The van der Waals surface area contributed by atoms with Crippen molar-refractivity contribution in [2.75, 3.05) is 6.61 Å². The lowest BCUT2D eigenvalue weighted by atomic mass is 10.1. The highest BCUT2D eigenvalue weighted by atomic mass is 19.4. The Kier molecular flexibility index (Phi) is 2.06. The van der Waals surface area contributed by atoms with Crippen molar-refractivity contribution in [2.45, 2.75) is 6.36 Å². The van der Waals surface area contributed by atoms with E-state index >= 15 is 0 Å². The highest BCUT2D eigenvalue weighted by Crippen LogP contribution is 2.31. The summed E-state index contributed by atoms with van der Waals surface area (Å²) in [5, 5.41) is 0. The van der Waals surface area contributed by atoms with Crippen molar-refractivity contribution in [3.05, 3.63) is 23.8 Å². The van der Waals surface area contributed by atoms with Crippen molar-refractivity contribution in [3.8, 4) is 11.5 Å². The van der Waals surface area contributed by atoms with Gasteiger partial charge in [-0.25, -0.2) is 0 Å². The van der Waals surface area contributed by atoms with Gasteiger partial charge in [0.1, 0.15) is 11.5 Å². The van der Waals surface area contributed by atoms with Gasteiger partial charge in [-0.1, -0.05) is 0 Å². The molecule has 0 aliphatic carbocycles. The molecule has 6 heteroatoms. The monoisotopic (exact) mass is 218 g/mol. The number of hydrogen-bond donors (Lipinski definition) is 0. The predicted octanol–water partition coefficient (Wildman–Crippen LogP) is 2.16. The lowest BCUT2D eigenvalue weighted by Crippen LogP contribution is -2.17. The molecule has 0 fully saturated rings. The maximum absolute atomic E-state index is 11.9. The van der Waals surface area contributed by atoms with Crippen molar-refractivity contribution in [3.63, 3.8) is 0 Å². The molecule has 0 aromatic heterocycles. The van der Waals surface area contributed by atoms with Crippen molar-refractivity contribution >= 4 is 5.78 Å². The number of hydrogen-bond acceptors (Lipinski definition) is 3. The molecule has 15 heavy (non-hydrogen) atoms. The van der Waals surface area contributed by atoms with Gasteiger partial charge in [-0.3, -0.25) is 4.79 Å².